The molecule has 82 valence electrons. The van der Waals surface area contributed by atoms with Crippen LogP contribution in [0.5, 0.6) is 0 Å². The molecule has 0 aromatic heterocycles. The smallest absolute Gasteiger partial charge is 0.240 e. The van der Waals surface area contributed by atoms with Gasteiger partial charge in [0.15, 0.2) is 0 Å². The summed E-state index contributed by atoms with van der Waals surface area (Å²) in [5.41, 5.74) is 0.421. The molecular formula is C9H11ClN2O2S. The van der Waals surface area contributed by atoms with Crippen molar-refractivity contribution in [2.24, 2.45) is 5.14 Å². The summed E-state index contributed by atoms with van der Waals surface area (Å²) >= 11 is 5.92. The lowest BCUT2D eigenvalue weighted by Crippen LogP contribution is -2.16. The molecule has 0 spiro atoms. The summed E-state index contributed by atoms with van der Waals surface area (Å²) in [5.74, 6) is 0. The van der Waals surface area contributed by atoms with Crippen molar-refractivity contribution in [1.82, 2.24) is 0 Å². The first kappa shape index (κ1) is 10.7. The van der Waals surface area contributed by atoms with Crippen LogP contribution in [0, 0.1) is 0 Å². The minimum Gasteiger partial charge on any atom is -0.380 e. The monoisotopic (exact) mass is 246 g/mol. The van der Waals surface area contributed by atoms with Gasteiger partial charge in [0.2, 0.25) is 10.0 Å². The summed E-state index contributed by atoms with van der Waals surface area (Å²) in [6, 6.07) is 4.98. The van der Waals surface area contributed by atoms with E-state index >= 15 is 0 Å². The molecule has 1 fully saturated rings. The Morgan fingerprint density at radius 3 is 2.60 bits per heavy atom. The zero-order valence-electron chi connectivity index (χ0n) is 7.90. The number of primary sulfonamides is 1. The highest BCUT2D eigenvalue weighted by molar-refractivity contribution is 7.89. The Bertz CT molecular complexity index is 483. The molecule has 2 rings (SSSR count). The van der Waals surface area contributed by atoms with Gasteiger partial charge in [0.1, 0.15) is 4.90 Å². The third kappa shape index (κ3) is 2.42. The van der Waals surface area contributed by atoms with Crippen LogP contribution in [0.1, 0.15) is 12.8 Å². The fourth-order valence-electron chi connectivity index (χ4n) is 1.31. The highest BCUT2D eigenvalue weighted by Gasteiger charge is 2.25. The molecule has 0 radical (unpaired) electrons. The molecule has 4 nitrogen and oxygen atoms in total. The normalized spacial score (nSPS) is 16.4. The van der Waals surface area contributed by atoms with Gasteiger partial charge in [-0.05, 0) is 25.0 Å². The van der Waals surface area contributed by atoms with E-state index in [9.17, 15) is 8.42 Å². The average Bonchev–Trinajstić information content (AvgIpc) is 2.90. The van der Waals surface area contributed by atoms with E-state index in [0.29, 0.717) is 16.8 Å². The van der Waals surface area contributed by atoms with Crippen LogP contribution in [0.3, 0.4) is 0 Å². The van der Waals surface area contributed by atoms with Crippen LogP contribution in [-0.2, 0) is 10.0 Å². The maximum atomic E-state index is 11.3. The van der Waals surface area contributed by atoms with E-state index in [-0.39, 0.29) is 4.90 Å². The zero-order valence-corrected chi connectivity index (χ0v) is 9.48. The highest BCUT2D eigenvalue weighted by atomic mass is 35.5. The van der Waals surface area contributed by atoms with Gasteiger partial charge < -0.3 is 5.32 Å². The number of para-hydroxylation sites is 1. The Balaban J connectivity index is 2.47. The van der Waals surface area contributed by atoms with Gasteiger partial charge in [0, 0.05) is 6.04 Å². The van der Waals surface area contributed by atoms with Crippen LogP contribution < -0.4 is 10.5 Å². The Morgan fingerprint density at radius 2 is 2.07 bits per heavy atom. The predicted octanol–water partition coefficient (Wildman–Crippen LogP) is 1.56. The molecule has 0 atom stereocenters. The SMILES string of the molecule is NS(=O)(=O)c1cccc(Cl)c1NC1CC1. The average molecular weight is 247 g/mol. The Kier molecular flexibility index (Phi) is 2.62. The molecule has 1 saturated carbocycles. The highest BCUT2D eigenvalue weighted by Crippen LogP contribution is 2.33. The summed E-state index contributed by atoms with van der Waals surface area (Å²) in [4.78, 5) is 0.0573. The molecule has 0 saturated heterocycles. The van der Waals surface area contributed by atoms with Crippen molar-refractivity contribution in [3.05, 3.63) is 23.2 Å². The number of anilines is 1. The number of sulfonamides is 1. The number of benzene rings is 1. The minimum atomic E-state index is -3.72. The van der Waals surface area contributed by atoms with Crippen LogP contribution >= 0.6 is 11.6 Å². The first-order valence-corrected chi connectivity index (χ1v) is 6.49. The largest absolute Gasteiger partial charge is 0.380 e. The van der Waals surface area contributed by atoms with Gasteiger partial charge in [0.25, 0.3) is 0 Å². The maximum absolute atomic E-state index is 11.3. The summed E-state index contributed by atoms with van der Waals surface area (Å²) in [6.45, 7) is 0. The second-order valence-corrected chi connectivity index (χ2v) is 5.51. The van der Waals surface area contributed by atoms with Crippen LogP contribution in [0.25, 0.3) is 0 Å². The summed E-state index contributed by atoms with van der Waals surface area (Å²) < 4.78 is 22.6. The number of nitrogens with two attached hydrogens (primary N) is 1. The van der Waals surface area contributed by atoms with Crippen molar-refractivity contribution in [3.8, 4) is 0 Å². The van der Waals surface area contributed by atoms with Crippen LogP contribution in [0.4, 0.5) is 5.69 Å². The zero-order chi connectivity index (χ0) is 11.1. The molecule has 3 N–H and O–H groups in total. The standard InChI is InChI=1S/C9H11ClN2O2S/c10-7-2-1-3-8(15(11,13)14)9(7)12-6-4-5-6/h1-3,6,12H,4-5H2,(H2,11,13,14). The topological polar surface area (TPSA) is 72.2 Å². The van der Waals surface area contributed by atoms with E-state index in [1.807, 2.05) is 0 Å². The lowest BCUT2D eigenvalue weighted by Gasteiger charge is -2.11. The number of halogens is 1. The lowest BCUT2D eigenvalue weighted by atomic mass is 10.3. The van der Waals surface area contributed by atoms with Crippen LogP contribution in [0.2, 0.25) is 5.02 Å². The molecule has 1 aromatic rings. The fraction of sp³-hybridized carbons (Fsp3) is 0.333. The van der Waals surface area contributed by atoms with Crippen LogP contribution in [0.15, 0.2) is 23.1 Å². The molecule has 6 heteroatoms. The molecule has 0 bridgehead atoms. The summed E-state index contributed by atoms with van der Waals surface area (Å²) in [7, 11) is -3.72. The van der Waals surface area contributed by atoms with E-state index in [1.165, 1.54) is 6.07 Å². The molecule has 1 aliphatic carbocycles. The Hall–Kier alpha value is -0.780. The van der Waals surface area contributed by atoms with Crippen molar-refractivity contribution < 1.29 is 8.42 Å². The number of nitrogens with one attached hydrogen (secondary N) is 1. The van der Waals surface area contributed by atoms with E-state index in [4.69, 9.17) is 16.7 Å². The second-order valence-electron chi connectivity index (χ2n) is 3.58. The van der Waals surface area contributed by atoms with Gasteiger partial charge in [-0.3, -0.25) is 0 Å². The van der Waals surface area contributed by atoms with E-state index in [2.05, 4.69) is 5.32 Å². The van der Waals surface area contributed by atoms with Gasteiger partial charge in [-0.15, -0.1) is 0 Å². The van der Waals surface area contributed by atoms with Gasteiger partial charge in [-0.1, -0.05) is 17.7 Å². The lowest BCUT2D eigenvalue weighted by molar-refractivity contribution is 0.598. The van der Waals surface area contributed by atoms with Crippen molar-refractivity contribution in [1.29, 1.82) is 0 Å². The summed E-state index contributed by atoms with van der Waals surface area (Å²) in [6.07, 6.45) is 2.07. The molecule has 1 aliphatic rings. The molecule has 0 heterocycles. The van der Waals surface area contributed by atoms with Crippen molar-refractivity contribution >= 4 is 27.3 Å². The van der Waals surface area contributed by atoms with Gasteiger partial charge in [-0.2, -0.15) is 0 Å². The molecule has 15 heavy (non-hydrogen) atoms. The van der Waals surface area contributed by atoms with E-state index in [0.717, 1.165) is 12.8 Å². The second kappa shape index (κ2) is 3.66. The first-order chi connectivity index (χ1) is 6.98. The van der Waals surface area contributed by atoms with E-state index < -0.39 is 10.0 Å². The van der Waals surface area contributed by atoms with E-state index in [1.54, 1.807) is 12.1 Å². The third-order valence-corrected chi connectivity index (χ3v) is 3.48. The van der Waals surface area contributed by atoms with Crippen molar-refractivity contribution in [2.45, 2.75) is 23.8 Å². The Labute approximate surface area is 93.5 Å². The molecular weight excluding hydrogens is 236 g/mol. The number of hydrogen-bond donors (Lipinski definition) is 2. The van der Waals surface area contributed by atoms with Gasteiger partial charge in [-0.25, -0.2) is 13.6 Å². The molecule has 0 aliphatic heterocycles. The van der Waals surface area contributed by atoms with Gasteiger partial charge in [0.05, 0.1) is 10.7 Å². The fourth-order valence-corrected chi connectivity index (χ4v) is 2.32. The first-order valence-electron chi connectivity index (χ1n) is 4.56. The van der Waals surface area contributed by atoms with Crippen LogP contribution in [-0.4, -0.2) is 14.5 Å². The quantitative estimate of drug-likeness (QED) is 0.850. The van der Waals surface area contributed by atoms with Crippen molar-refractivity contribution in [3.63, 3.8) is 0 Å². The summed E-state index contributed by atoms with van der Waals surface area (Å²) in [5, 5.41) is 8.55. The number of rotatable bonds is 3. The number of hydrogen-bond acceptors (Lipinski definition) is 3. The maximum Gasteiger partial charge on any atom is 0.240 e. The minimum absolute atomic E-state index is 0.0573. The van der Waals surface area contributed by atoms with Crippen molar-refractivity contribution in [2.75, 3.05) is 5.32 Å². The Morgan fingerprint density at radius 1 is 1.40 bits per heavy atom. The predicted molar refractivity (Wildman–Crippen MR) is 59.5 cm³/mol. The molecule has 0 unspecified atom stereocenters. The molecule has 1 aromatic carbocycles. The third-order valence-electron chi connectivity index (χ3n) is 2.21. The van der Waals surface area contributed by atoms with Gasteiger partial charge >= 0.3 is 0 Å². The molecule has 0 amide bonds.